The van der Waals surface area contributed by atoms with Crippen LogP contribution in [0.25, 0.3) is 0 Å². The Hall–Kier alpha value is -0.270. The smallest absolute Gasteiger partial charge is 0.0655 e. The van der Waals surface area contributed by atoms with Gasteiger partial charge in [-0.05, 0) is 31.8 Å². The first-order chi connectivity index (χ1) is 6.38. The molecule has 0 aromatic rings. The van der Waals surface area contributed by atoms with Crippen molar-refractivity contribution in [3.8, 4) is 0 Å². The molecule has 2 heteroatoms. The summed E-state index contributed by atoms with van der Waals surface area (Å²) >= 11 is 6.15. The van der Waals surface area contributed by atoms with Crippen LogP contribution in [0.15, 0.2) is 23.3 Å². The first-order valence-electron chi connectivity index (χ1n) is 5.02. The van der Waals surface area contributed by atoms with Crippen molar-refractivity contribution >= 4 is 11.6 Å². The molecule has 0 aromatic carbocycles. The van der Waals surface area contributed by atoms with Gasteiger partial charge in [0.15, 0.2) is 0 Å². The van der Waals surface area contributed by atoms with Crippen LogP contribution in [0.5, 0.6) is 0 Å². The van der Waals surface area contributed by atoms with Crippen LogP contribution in [0.4, 0.5) is 0 Å². The third-order valence-corrected chi connectivity index (χ3v) is 3.21. The van der Waals surface area contributed by atoms with E-state index in [4.69, 9.17) is 16.3 Å². The molecule has 1 fully saturated rings. The van der Waals surface area contributed by atoms with Crippen molar-refractivity contribution in [2.45, 2.75) is 31.8 Å². The monoisotopic (exact) mass is 198 g/mol. The zero-order valence-electron chi connectivity index (χ0n) is 7.71. The number of hydrogen-bond acceptors (Lipinski definition) is 1. The molecule has 72 valence electrons. The van der Waals surface area contributed by atoms with Gasteiger partial charge in [-0.25, -0.2) is 0 Å². The molecule has 2 rings (SSSR count). The van der Waals surface area contributed by atoms with Crippen LogP contribution in [-0.2, 0) is 4.74 Å². The molecule has 0 bridgehead atoms. The van der Waals surface area contributed by atoms with Crippen LogP contribution in [-0.4, -0.2) is 12.7 Å². The van der Waals surface area contributed by atoms with Gasteiger partial charge in [0, 0.05) is 17.6 Å². The molecule has 13 heavy (non-hydrogen) atoms. The van der Waals surface area contributed by atoms with Crippen molar-refractivity contribution in [2.75, 3.05) is 6.61 Å². The maximum absolute atomic E-state index is 6.15. The maximum atomic E-state index is 6.15. The fraction of sp³-hybridized carbons (Fsp3) is 0.636. The fourth-order valence-electron chi connectivity index (χ4n) is 2.03. The van der Waals surface area contributed by atoms with Crippen LogP contribution in [0, 0.1) is 5.92 Å². The Morgan fingerprint density at radius 2 is 2.31 bits per heavy atom. The van der Waals surface area contributed by atoms with Crippen LogP contribution >= 0.6 is 11.6 Å². The summed E-state index contributed by atoms with van der Waals surface area (Å²) in [5, 5.41) is 0.967. The second-order valence-electron chi connectivity index (χ2n) is 3.73. The van der Waals surface area contributed by atoms with E-state index in [1.165, 1.54) is 19.3 Å². The molecule has 0 amide bonds. The summed E-state index contributed by atoms with van der Waals surface area (Å²) in [4.78, 5) is 0. The summed E-state index contributed by atoms with van der Waals surface area (Å²) in [5.41, 5.74) is 0. The lowest BCUT2D eigenvalue weighted by molar-refractivity contribution is -0.00954. The third kappa shape index (κ3) is 2.15. The van der Waals surface area contributed by atoms with Gasteiger partial charge in [-0.2, -0.15) is 0 Å². The topological polar surface area (TPSA) is 9.23 Å². The molecular weight excluding hydrogens is 184 g/mol. The quantitative estimate of drug-likeness (QED) is 0.629. The minimum Gasteiger partial charge on any atom is -0.378 e. The van der Waals surface area contributed by atoms with Crippen molar-refractivity contribution in [1.82, 2.24) is 0 Å². The molecule has 0 N–H and O–H groups in total. The predicted molar refractivity (Wildman–Crippen MR) is 54.8 cm³/mol. The van der Waals surface area contributed by atoms with Gasteiger partial charge in [0.25, 0.3) is 0 Å². The standard InChI is InChI=1S/C11H15ClO/c12-10-6-2-1-5-9(10)11-7-3-4-8-13-11/h1-2,6,9,11H,3-5,7-8H2. The Labute approximate surface area is 84.4 Å². The Kier molecular flexibility index (Phi) is 3.07. The summed E-state index contributed by atoms with van der Waals surface area (Å²) in [6.07, 6.45) is 11.3. The van der Waals surface area contributed by atoms with Crippen LogP contribution in [0.2, 0.25) is 0 Å². The van der Waals surface area contributed by atoms with Crippen LogP contribution in [0.1, 0.15) is 25.7 Å². The molecule has 2 atom stereocenters. The number of hydrogen-bond donors (Lipinski definition) is 0. The Morgan fingerprint density at radius 1 is 1.38 bits per heavy atom. The van der Waals surface area contributed by atoms with Gasteiger partial charge in [-0.1, -0.05) is 23.8 Å². The zero-order chi connectivity index (χ0) is 9.10. The van der Waals surface area contributed by atoms with Gasteiger partial charge in [-0.3, -0.25) is 0 Å². The van der Waals surface area contributed by atoms with Crippen molar-refractivity contribution in [3.63, 3.8) is 0 Å². The van der Waals surface area contributed by atoms with Crippen molar-refractivity contribution in [2.24, 2.45) is 5.92 Å². The van der Waals surface area contributed by atoms with E-state index in [1.807, 2.05) is 12.2 Å². The lowest BCUT2D eigenvalue weighted by Crippen LogP contribution is -2.28. The third-order valence-electron chi connectivity index (χ3n) is 2.80. The second kappa shape index (κ2) is 4.30. The maximum Gasteiger partial charge on any atom is 0.0655 e. The van der Waals surface area contributed by atoms with E-state index in [-0.39, 0.29) is 0 Å². The van der Waals surface area contributed by atoms with Crippen molar-refractivity contribution in [1.29, 1.82) is 0 Å². The molecule has 2 unspecified atom stereocenters. The van der Waals surface area contributed by atoms with E-state index in [0.717, 1.165) is 18.1 Å². The minimum absolute atomic E-state index is 0.363. The Balaban J connectivity index is 1.99. The first kappa shape index (κ1) is 9.29. The van der Waals surface area contributed by atoms with Gasteiger partial charge in [0.2, 0.25) is 0 Å². The molecule has 1 nitrogen and oxygen atoms in total. The summed E-state index contributed by atoms with van der Waals surface area (Å²) in [5.74, 6) is 0.423. The highest BCUT2D eigenvalue weighted by Crippen LogP contribution is 2.32. The number of ether oxygens (including phenoxy) is 1. The molecule has 1 saturated heterocycles. The fourth-order valence-corrected chi connectivity index (χ4v) is 2.34. The van der Waals surface area contributed by atoms with Gasteiger partial charge in [-0.15, -0.1) is 0 Å². The molecule has 0 saturated carbocycles. The number of halogens is 1. The summed E-state index contributed by atoms with van der Waals surface area (Å²) in [6, 6.07) is 0. The molecular formula is C11H15ClO. The summed E-state index contributed by atoms with van der Waals surface area (Å²) in [7, 11) is 0. The number of rotatable bonds is 1. The predicted octanol–water partition coefficient (Wildman–Crippen LogP) is 3.25. The lowest BCUT2D eigenvalue weighted by Gasteiger charge is -2.30. The second-order valence-corrected chi connectivity index (χ2v) is 4.16. The van der Waals surface area contributed by atoms with Gasteiger partial charge >= 0.3 is 0 Å². The Morgan fingerprint density at radius 3 is 3.00 bits per heavy atom. The van der Waals surface area contributed by atoms with Crippen LogP contribution < -0.4 is 0 Å². The lowest BCUT2D eigenvalue weighted by atomic mass is 9.90. The minimum atomic E-state index is 0.363. The van der Waals surface area contributed by atoms with Gasteiger partial charge < -0.3 is 4.74 Å². The highest BCUT2D eigenvalue weighted by Gasteiger charge is 2.26. The van der Waals surface area contributed by atoms with E-state index in [9.17, 15) is 0 Å². The molecule has 1 aliphatic heterocycles. The Bertz CT molecular complexity index is 226. The highest BCUT2D eigenvalue weighted by molar-refractivity contribution is 6.30. The van der Waals surface area contributed by atoms with Crippen molar-refractivity contribution in [3.05, 3.63) is 23.3 Å². The van der Waals surface area contributed by atoms with Gasteiger partial charge in [0.1, 0.15) is 0 Å². The summed E-state index contributed by atoms with van der Waals surface area (Å²) < 4.78 is 5.73. The van der Waals surface area contributed by atoms with E-state index >= 15 is 0 Å². The van der Waals surface area contributed by atoms with Crippen LogP contribution in [0.3, 0.4) is 0 Å². The number of allylic oxidation sites excluding steroid dienone is 3. The molecule has 0 spiro atoms. The van der Waals surface area contributed by atoms with E-state index in [2.05, 4.69) is 6.08 Å². The van der Waals surface area contributed by atoms with E-state index < -0.39 is 0 Å². The van der Waals surface area contributed by atoms with E-state index in [0.29, 0.717) is 12.0 Å². The average molecular weight is 199 g/mol. The first-order valence-corrected chi connectivity index (χ1v) is 5.39. The molecule has 0 aromatic heterocycles. The van der Waals surface area contributed by atoms with Crippen molar-refractivity contribution < 1.29 is 4.74 Å². The highest BCUT2D eigenvalue weighted by atomic mass is 35.5. The molecule has 1 heterocycles. The zero-order valence-corrected chi connectivity index (χ0v) is 8.46. The van der Waals surface area contributed by atoms with E-state index in [1.54, 1.807) is 0 Å². The normalized spacial score (nSPS) is 34.4. The largest absolute Gasteiger partial charge is 0.378 e. The SMILES string of the molecule is ClC1=CC=CCC1C1CCCCO1. The average Bonchev–Trinajstić information content (AvgIpc) is 2.20. The molecule has 1 aliphatic carbocycles. The molecule has 0 radical (unpaired) electrons. The summed E-state index contributed by atoms with van der Waals surface area (Å²) in [6.45, 7) is 0.912. The molecule has 2 aliphatic rings. The van der Waals surface area contributed by atoms with Gasteiger partial charge in [0.05, 0.1) is 6.10 Å².